The monoisotopic (exact) mass is 416 g/mol. The lowest BCUT2D eigenvalue weighted by molar-refractivity contribution is -0.143. The summed E-state index contributed by atoms with van der Waals surface area (Å²) in [6.07, 6.45) is 4.38. The number of carboxylic acid groups (broad SMARTS) is 1. The lowest BCUT2D eigenvalue weighted by atomic mass is 9.77. The number of hydrogen-bond acceptors (Lipinski definition) is 3. The van der Waals surface area contributed by atoms with E-state index >= 15 is 0 Å². The molecule has 1 fully saturated rings. The summed E-state index contributed by atoms with van der Waals surface area (Å²) < 4.78 is 12.8. The Kier molecular flexibility index (Phi) is 6.76. The minimum absolute atomic E-state index is 0.0390. The number of carbonyl (C=O) groups is 1. The number of aliphatic hydroxyl groups is 1. The Morgan fingerprint density at radius 3 is 2.71 bits per heavy atom. The van der Waals surface area contributed by atoms with Crippen LogP contribution in [0.5, 0.6) is 0 Å². The summed E-state index contributed by atoms with van der Waals surface area (Å²) in [5.41, 5.74) is -0.000959. The van der Waals surface area contributed by atoms with Crippen LogP contribution in [0, 0.1) is 5.41 Å². The SMILES string of the molecule is CC(CCCC1(C[S+]([O-])CCO)CC1)(C(=O)O)c1cccc(Br)c1. The maximum absolute atomic E-state index is 11.9. The fourth-order valence-electron chi connectivity index (χ4n) is 3.18. The average molecular weight is 417 g/mol. The number of rotatable bonds is 10. The van der Waals surface area contributed by atoms with Crippen LogP contribution in [0.25, 0.3) is 0 Å². The van der Waals surface area contributed by atoms with Gasteiger partial charge in [0.1, 0.15) is 11.5 Å². The Balaban J connectivity index is 1.96. The molecule has 2 unspecified atom stereocenters. The summed E-state index contributed by atoms with van der Waals surface area (Å²) in [5.74, 6) is 0.162. The predicted octanol–water partition coefficient (Wildman–Crippen LogP) is 3.48. The summed E-state index contributed by atoms with van der Waals surface area (Å²) >= 11 is 2.44. The molecule has 0 aromatic heterocycles. The lowest BCUT2D eigenvalue weighted by Gasteiger charge is -2.27. The molecule has 2 atom stereocenters. The molecule has 0 spiro atoms. The summed E-state index contributed by atoms with van der Waals surface area (Å²) in [6.45, 7) is 1.74. The van der Waals surface area contributed by atoms with Gasteiger partial charge in [0.2, 0.25) is 0 Å². The Morgan fingerprint density at radius 1 is 1.46 bits per heavy atom. The van der Waals surface area contributed by atoms with Gasteiger partial charge < -0.3 is 14.8 Å². The molecule has 1 saturated carbocycles. The molecule has 0 radical (unpaired) electrons. The van der Waals surface area contributed by atoms with Crippen LogP contribution >= 0.6 is 15.9 Å². The van der Waals surface area contributed by atoms with E-state index in [1.165, 1.54) is 0 Å². The van der Waals surface area contributed by atoms with Crippen LogP contribution in [0.1, 0.15) is 44.6 Å². The molecule has 6 heteroatoms. The fraction of sp³-hybridized carbons (Fsp3) is 0.611. The van der Waals surface area contributed by atoms with Crippen molar-refractivity contribution in [2.75, 3.05) is 18.1 Å². The maximum atomic E-state index is 11.9. The van der Waals surface area contributed by atoms with Crippen LogP contribution in [0.15, 0.2) is 28.7 Å². The summed E-state index contributed by atoms with van der Waals surface area (Å²) in [4.78, 5) is 11.9. The van der Waals surface area contributed by atoms with Crippen LogP contribution in [0.4, 0.5) is 0 Å². The third-order valence-electron chi connectivity index (χ3n) is 5.06. The minimum Gasteiger partial charge on any atom is -0.616 e. The van der Waals surface area contributed by atoms with Crippen molar-refractivity contribution in [2.24, 2.45) is 5.41 Å². The van der Waals surface area contributed by atoms with Crippen LogP contribution in [0.2, 0.25) is 0 Å². The summed E-state index contributed by atoms with van der Waals surface area (Å²) in [5, 5.41) is 18.6. The van der Waals surface area contributed by atoms with Gasteiger partial charge in [0.25, 0.3) is 0 Å². The first-order chi connectivity index (χ1) is 11.3. The summed E-state index contributed by atoms with van der Waals surface area (Å²) in [7, 11) is 0. The van der Waals surface area contributed by atoms with Crippen molar-refractivity contribution in [2.45, 2.75) is 44.4 Å². The van der Waals surface area contributed by atoms with Crippen LogP contribution in [-0.4, -0.2) is 38.8 Å². The zero-order valence-corrected chi connectivity index (χ0v) is 16.4. The Bertz CT molecular complexity index is 576. The molecule has 1 aliphatic carbocycles. The zero-order chi connectivity index (χ0) is 17.8. The van der Waals surface area contributed by atoms with E-state index in [-0.39, 0.29) is 12.0 Å². The van der Waals surface area contributed by atoms with Gasteiger partial charge in [-0.05, 0) is 50.3 Å². The first kappa shape index (κ1) is 19.8. The molecule has 134 valence electrons. The molecule has 24 heavy (non-hydrogen) atoms. The van der Waals surface area contributed by atoms with Crippen molar-refractivity contribution in [3.05, 3.63) is 34.3 Å². The molecule has 0 saturated heterocycles. The normalized spacial score (nSPS) is 19.5. The van der Waals surface area contributed by atoms with Crippen LogP contribution < -0.4 is 0 Å². The van der Waals surface area contributed by atoms with Gasteiger partial charge in [-0.25, -0.2) is 0 Å². The van der Waals surface area contributed by atoms with Gasteiger partial charge in [0.05, 0.1) is 12.0 Å². The van der Waals surface area contributed by atoms with Gasteiger partial charge in [0, 0.05) is 9.89 Å². The van der Waals surface area contributed by atoms with Crippen molar-refractivity contribution in [3.63, 3.8) is 0 Å². The molecule has 0 aliphatic heterocycles. The van der Waals surface area contributed by atoms with Crippen molar-refractivity contribution >= 4 is 33.1 Å². The Hall–Kier alpha value is -0.560. The van der Waals surface area contributed by atoms with Crippen molar-refractivity contribution in [1.82, 2.24) is 0 Å². The number of aliphatic carboxylic acids is 1. The predicted molar refractivity (Wildman–Crippen MR) is 99.6 cm³/mol. The molecule has 1 aliphatic rings. The van der Waals surface area contributed by atoms with Crippen LogP contribution in [0.3, 0.4) is 0 Å². The molecule has 4 nitrogen and oxygen atoms in total. The summed E-state index contributed by atoms with van der Waals surface area (Å²) in [6, 6.07) is 7.49. The van der Waals surface area contributed by atoms with Gasteiger partial charge in [-0.15, -0.1) is 0 Å². The third kappa shape index (κ3) is 4.97. The highest BCUT2D eigenvalue weighted by molar-refractivity contribution is 9.10. The largest absolute Gasteiger partial charge is 0.616 e. The van der Waals surface area contributed by atoms with E-state index in [9.17, 15) is 14.5 Å². The van der Waals surface area contributed by atoms with Gasteiger partial charge in [0.15, 0.2) is 0 Å². The van der Waals surface area contributed by atoms with E-state index in [4.69, 9.17) is 5.11 Å². The van der Waals surface area contributed by atoms with Crippen molar-refractivity contribution in [3.8, 4) is 0 Å². The topological polar surface area (TPSA) is 80.6 Å². The van der Waals surface area contributed by atoms with Crippen molar-refractivity contribution in [1.29, 1.82) is 0 Å². The van der Waals surface area contributed by atoms with Crippen molar-refractivity contribution < 1.29 is 19.6 Å². The van der Waals surface area contributed by atoms with E-state index in [0.29, 0.717) is 17.9 Å². The van der Waals surface area contributed by atoms with Gasteiger partial charge in [-0.3, -0.25) is 4.79 Å². The second kappa shape index (κ2) is 8.21. The molecular weight excluding hydrogens is 392 g/mol. The number of halogens is 1. The number of aliphatic hydroxyl groups excluding tert-OH is 1. The van der Waals surface area contributed by atoms with E-state index < -0.39 is 22.6 Å². The Morgan fingerprint density at radius 2 is 2.17 bits per heavy atom. The molecule has 0 heterocycles. The lowest BCUT2D eigenvalue weighted by Crippen LogP contribution is -2.32. The number of hydrogen-bond donors (Lipinski definition) is 2. The highest BCUT2D eigenvalue weighted by Crippen LogP contribution is 2.51. The molecule has 2 rings (SSSR count). The molecule has 0 amide bonds. The fourth-order valence-corrected chi connectivity index (χ4v) is 5.05. The second-order valence-corrected chi connectivity index (χ2v) is 9.51. The highest BCUT2D eigenvalue weighted by Gasteiger charge is 2.46. The van der Waals surface area contributed by atoms with E-state index in [0.717, 1.165) is 35.7 Å². The van der Waals surface area contributed by atoms with Gasteiger partial charge in [-0.2, -0.15) is 0 Å². The van der Waals surface area contributed by atoms with E-state index in [1.807, 2.05) is 24.3 Å². The second-order valence-electron chi connectivity index (χ2n) is 7.01. The van der Waals surface area contributed by atoms with E-state index in [1.54, 1.807) is 6.92 Å². The number of benzene rings is 1. The van der Waals surface area contributed by atoms with E-state index in [2.05, 4.69) is 15.9 Å². The van der Waals surface area contributed by atoms with Crippen LogP contribution in [-0.2, 0) is 21.4 Å². The first-order valence-corrected chi connectivity index (χ1v) is 10.5. The standard InChI is InChI=1S/C18H25BrO4S/c1-17(16(21)22,14-4-2-5-15(19)12-14)6-3-7-18(8-9-18)13-24(23)11-10-20/h2,4-5,12,20H,3,6-11,13H2,1H3,(H,21,22). The highest BCUT2D eigenvalue weighted by atomic mass is 79.9. The molecular formula is C18H25BrO4S. The molecule has 1 aromatic rings. The van der Waals surface area contributed by atoms with Gasteiger partial charge >= 0.3 is 5.97 Å². The molecule has 2 N–H and O–H groups in total. The number of carboxylic acids is 1. The minimum atomic E-state index is -0.972. The first-order valence-electron chi connectivity index (χ1n) is 8.27. The zero-order valence-electron chi connectivity index (χ0n) is 14.0. The van der Waals surface area contributed by atoms with Gasteiger partial charge in [-0.1, -0.05) is 45.7 Å². The average Bonchev–Trinajstić information content (AvgIpc) is 3.26. The smallest absolute Gasteiger partial charge is 0.313 e. The maximum Gasteiger partial charge on any atom is 0.313 e. The Labute approximate surface area is 155 Å². The molecule has 0 bridgehead atoms. The molecule has 1 aromatic carbocycles. The quantitative estimate of drug-likeness (QED) is 0.572. The third-order valence-corrected chi connectivity index (χ3v) is 7.13.